The molecule has 0 aliphatic carbocycles. The normalized spacial score (nSPS) is 11.1. The van der Waals surface area contributed by atoms with Crippen LogP contribution in [0.2, 0.25) is 0 Å². The largest absolute Gasteiger partial charge is 0.296 e. The van der Waals surface area contributed by atoms with E-state index < -0.39 is 15.9 Å². The molecule has 2 aromatic heterocycles. The molecule has 0 bridgehead atoms. The number of hydrogen-bond acceptors (Lipinski definition) is 7. The molecule has 0 aliphatic heterocycles. The van der Waals surface area contributed by atoms with Gasteiger partial charge in [0, 0.05) is 22.4 Å². The standard InChI is InChI=1S/C20H14BrN5O3S2/c21-14-8-9-16(17(11-14)26-31(28,29)15-7-4-10-22-12-15)18(27)23-20-25-24-19(30-20)13-5-2-1-3-6-13/h1-12,26H,(H,23,25,27). The Bertz CT molecular complexity index is 1330. The van der Waals surface area contributed by atoms with Crippen LogP contribution in [0.1, 0.15) is 10.4 Å². The van der Waals surface area contributed by atoms with E-state index in [9.17, 15) is 13.2 Å². The van der Waals surface area contributed by atoms with E-state index in [1.807, 2.05) is 30.3 Å². The van der Waals surface area contributed by atoms with Crippen LogP contribution in [0.25, 0.3) is 10.6 Å². The number of sulfonamides is 1. The molecule has 4 rings (SSSR count). The first-order chi connectivity index (χ1) is 14.9. The van der Waals surface area contributed by atoms with Crippen molar-refractivity contribution < 1.29 is 13.2 Å². The van der Waals surface area contributed by atoms with Gasteiger partial charge in [-0.1, -0.05) is 57.6 Å². The molecule has 0 spiro atoms. The fourth-order valence-corrected chi connectivity index (χ4v) is 4.78. The molecule has 2 N–H and O–H groups in total. The molecule has 4 aromatic rings. The molecule has 1 amide bonds. The van der Waals surface area contributed by atoms with Gasteiger partial charge in [0.05, 0.1) is 11.3 Å². The zero-order valence-electron chi connectivity index (χ0n) is 15.7. The zero-order valence-corrected chi connectivity index (χ0v) is 18.9. The van der Waals surface area contributed by atoms with Gasteiger partial charge in [-0.3, -0.25) is 19.8 Å². The third-order valence-corrected chi connectivity index (χ3v) is 6.81. The van der Waals surface area contributed by atoms with Crippen molar-refractivity contribution in [3.8, 4) is 10.6 Å². The van der Waals surface area contributed by atoms with Crippen molar-refractivity contribution in [3.63, 3.8) is 0 Å². The summed E-state index contributed by atoms with van der Waals surface area (Å²) in [4.78, 5) is 16.7. The molecular weight excluding hydrogens is 502 g/mol. The maximum absolute atomic E-state index is 12.9. The Balaban J connectivity index is 1.59. The maximum atomic E-state index is 12.9. The fourth-order valence-electron chi connectivity index (χ4n) is 2.64. The highest BCUT2D eigenvalue weighted by atomic mass is 79.9. The smallest absolute Gasteiger partial charge is 0.263 e. The highest BCUT2D eigenvalue weighted by Gasteiger charge is 2.20. The van der Waals surface area contributed by atoms with Gasteiger partial charge in [0.1, 0.15) is 9.90 Å². The molecule has 2 aromatic carbocycles. The Morgan fingerprint density at radius 2 is 1.81 bits per heavy atom. The molecule has 156 valence electrons. The minimum Gasteiger partial charge on any atom is -0.296 e. The number of amides is 1. The zero-order chi connectivity index (χ0) is 21.8. The van der Waals surface area contributed by atoms with Crippen LogP contribution >= 0.6 is 27.3 Å². The molecule has 0 unspecified atom stereocenters. The first-order valence-corrected chi connectivity index (χ1v) is 11.9. The Hall–Kier alpha value is -3.15. The van der Waals surface area contributed by atoms with Crippen LogP contribution in [0.4, 0.5) is 10.8 Å². The van der Waals surface area contributed by atoms with Crippen molar-refractivity contribution in [2.45, 2.75) is 4.90 Å². The van der Waals surface area contributed by atoms with Gasteiger partial charge in [0.2, 0.25) is 5.13 Å². The Morgan fingerprint density at radius 3 is 2.55 bits per heavy atom. The summed E-state index contributed by atoms with van der Waals surface area (Å²) < 4.78 is 28.4. The molecule has 0 atom stereocenters. The number of anilines is 2. The molecule has 31 heavy (non-hydrogen) atoms. The number of nitrogens with zero attached hydrogens (tertiary/aromatic N) is 3. The molecule has 2 heterocycles. The van der Waals surface area contributed by atoms with Gasteiger partial charge in [-0.15, -0.1) is 10.2 Å². The number of carbonyl (C=O) groups is 1. The van der Waals surface area contributed by atoms with E-state index >= 15 is 0 Å². The van der Waals surface area contributed by atoms with E-state index in [1.54, 1.807) is 6.07 Å². The predicted octanol–water partition coefficient (Wildman–Crippen LogP) is 4.42. The van der Waals surface area contributed by atoms with Crippen molar-refractivity contribution in [2.75, 3.05) is 10.0 Å². The number of aromatic nitrogens is 3. The average molecular weight is 516 g/mol. The fraction of sp³-hybridized carbons (Fsp3) is 0. The lowest BCUT2D eigenvalue weighted by Gasteiger charge is -2.12. The summed E-state index contributed by atoms with van der Waals surface area (Å²) in [5.41, 5.74) is 1.13. The SMILES string of the molecule is O=C(Nc1nnc(-c2ccccc2)s1)c1ccc(Br)cc1NS(=O)(=O)c1cccnc1. The summed E-state index contributed by atoms with van der Waals surface area (Å²) in [5, 5.41) is 11.7. The lowest BCUT2D eigenvalue weighted by molar-refractivity contribution is 0.102. The third kappa shape index (κ3) is 4.95. The lowest BCUT2D eigenvalue weighted by atomic mass is 10.2. The van der Waals surface area contributed by atoms with Crippen LogP contribution in [0.15, 0.2) is 82.4 Å². The molecular formula is C20H14BrN5O3S2. The van der Waals surface area contributed by atoms with Crippen LogP contribution in [-0.2, 0) is 10.0 Å². The van der Waals surface area contributed by atoms with Crippen LogP contribution in [0.5, 0.6) is 0 Å². The first kappa shape index (κ1) is 21.1. The number of carbonyl (C=O) groups excluding carboxylic acids is 1. The van der Waals surface area contributed by atoms with Gasteiger partial charge in [-0.25, -0.2) is 8.42 Å². The minimum absolute atomic E-state index is 0.0158. The Morgan fingerprint density at radius 1 is 1.00 bits per heavy atom. The van der Waals surface area contributed by atoms with Crippen molar-refractivity contribution >= 4 is 54.0 Å². The molecule has 11 heteroatoms. The van der Waals surface area contributed by atoms with Gasteiger partial charge in [0.25, 0.3) is 15.9 Å². The van der Waals surface area contributed by atoms with E-state index in [1.165, 1.54) is 48.0 Å². The summed E-state index contributed by atoms with van der Waals surface area (Å²) in [6, 6.07) is 17.1. The van der Waals surface area contributed by atoms with Gasteiger partial charge >= 0.3 is 0 Å². The van der Waals surface area contributed by atoms with Crippen LogP contribution < -0.4 is 10.0 Å². The summed E-state index contributed by atoms with van der Waals surface area (Å²) in [5.74, 6) is -0.521. The second kappa shape index (κ2) is 8.92. The topological polar surface area (TPSA) is 114 Å². The second-order valence-corrected chi connectivity index (χ2v) is 9.79. The number of nitrogens with one attached hydrogen (secondary N) is 2. The van der Waals surface area contributed by atoms with Gasteiger partial charge in [-0.05, 0) is 30.3 Å². The number of benzene rings is 2. The molecule has 0 saturated heterocycles. The molecule has 0 saturated carbocycles. The summed E-state index contributed by atoms with van der Waals surface area (Å²) in [6.45, 7) is 0. The summed E-state index contributed by atoms with van der Waals surface area (Å²) in [6.07, 6.45) is 2.70. The lowest BCUT2D eigenvalue weighted by Crippen LogP contribution is -2.18. The van der Waals surface area contributed by atoms with Gasteiger partial charge < -0.3 is 0 Å². The molecule has 0 fully saturated rings. The van der Waals surface area contributed by atoms with Crippen LogP contribution in [0.3, 0.4) is 0 Å². The van der Waals surface area contributed by atoms with Gasteiger partial charge in [0.15, 0.2) is 0 Å². The molecule has 0 aliphatic rings. The van der Waals surface area contributed by atoms with E-state index in [2.05, 4.69) is 41.2 Å². The molecule has 8 nitrogen and oxygen atoms in total. The minimum atomic E-state index is -3.93. The Labute approximate surface area is 190 Å². The maximum Gasteiger partial charge on any atom is 0.263 e. The van der Waals surface area contributed by atoms with E-state index in [4.69, 9.17) is 0 Å². The number of hydrogen-bond donors (Lipinski definition) is 2. The van der Waals surface area contributed by atoms with Crippen LogP contribution in [-0.4, -0.2) is 29.5 Å². The van der Waals surface area contributed by atoms with E-state index in [-0.39, 0.29) is 16.1 Å². The van der Waals surface area contributed by atoms with E-state index in [0.29, 0.717) is 14.6 Å². The van der Waals surface area contributed by atoms with Crippen molar-refractivity contribution in [3.05, 3.63) is 83.1 Å². The predicted molar refractivity (Wildman–Crippen MR) is 122 cm³/mol. The number of pyridine rings is 1. The van der Waals surface area contributed by atoms with Crippen LogP contribution in [0, 0.1) is 0 Å². The monoisotopic (exact) mass is 515 g/mol. The van der Waals surface area contributed by atoms with Crippen molar-refractivity contribution in [1.82, 2.24) is 15.2 Å². The van der Waals surface area contributed by atoms with Gasteiger partial charge in [-0.2, -0.15) is 0 Å². The second-order valence-electron chi connectivity index (χ2n) is 6.22. The Kier molecular flexibility index (Phi) is 6.07. The number of rotatable bonds is 6. The van der Waals surface area contributed by atoms with Crippen molar-refractivity contribution in [2.24, 2.45) is 0 Å². The number of halogens is 1. The first-order valence-electron chi connectivity index (χ1n) is 8.85. The quantitative estimate of drug-likeness (QED) is 0.392. The molecule has 0 radical (unpaired) electrons. The van der Waals surface area contributed by atoms with E-state index in [0.717, 1.165) is 5.56 Å². The highest BCUT2D eigenvalue weighted by molar-refractivity contribution is 9.10. The van der Waals surface area contributed by atoms with Crippen molar-refractivity contribution in [1.29, 1.82) is 0 Å². The summed E-state index contributed by atoms with van der Waals surface area (Å²) >= 11 is 4.52. The summed E-state index contributed by atoms with van der Waals surface area (Å²) in [7, 11) is -3.93. The highest BCUT2D eigenvalue weighted by Crippen LogP contribution is 2.28. The third-order valence-electron chi connectivity index (χ3n) is 4.08. The average Bonchev–Trinajstić information content (AvgIpc) is 3.23.